The molecule has 0 bridgehead atoms. The molecule has 2 rings (SSSR count). The maximum absolute atomic E-state index is 12.2. The van der Waals surface area contributed by atoms with Gasteiger partial charge < -0.3 is 9.64 Å². The van der Waals surface area contributed by atoms with E-state index in [0.717, 1.165) is 43.6 Å². The van der Waals surface area contributed by atoms with Crippen LogP contribution in [0.25, 0.3) is 0 Å². The molecule has 110 valence electrons. The molecule has 1 heterocycles. The van der Waals surface area contributed by atoms with Crippen molar-refractivity contribution in [3.05, 3.63) is 35.4 Å². The summed E-state index contributed by atoms with van der Waals surface area (Å²) in [7, 11) is 1.78. The first-order chi connectivity index (χ1) is 9.52. The zero-order valence-corrected chi connectivity index (χ0v) is 12.8. The lowest BCUT2D eigenvalue weighted by atomic mass is 9.94. The van der Waals surface area contributed by atoms with Gasteiger partial charge in [-0.25, -0.2) is 0 Å². The van der Waals surface area contributed by atoms with E-state index in [1.54, 1.807) is 7.11 Å². The molecule has 3 nitrogen and oxygen atoms in total. The first-order valence-corrected chi connectivity index (χ1v) is 7.40. The monoisotopic (exact) mass is 275 g/mol. The van der Waals surface area contributed by atoms with Crippen molar-refractivity contribution in [1.82, 2.24) is 4.90 Å². The molecule has 1 unspecified atom stereocenters. The average molecular weight is 275 g/mol. The standard InChI is InChI=1S/C17H25NO2/c1-14-6-4-7-15(12-14)16(19)8-11-18-10-5-9-17(2,13-18)20-3/h4,6-7,12H,5,8-11,13H2,1-3H3. The van der Waals surface area contributed by atoms with Crippen molar-refractivity contribution in [3.8, 4) is 0 Å². The number of Topliss-reactive ketones (excluding diaryl/α,β-unsaturated/α-hetero) is 1. The minimum Gasteiger partial charge on any atom is -0.377 e. The summed E-state index contributed by atoms with van der Waals surface area (Å²) in [5, 5.41) is 0. The van der Waals surface area contributed by atoms with Crippen LogP contribution in [0.15, 0.2) is 24.3 Å². The predicted octanol–water partition coefficient (Wildman–Crippen LogP) is 3.07. The second-order valence-electron chi connectivity index (χ2n) is 6.08. The zero-order chi connectivity index (χ0) is 14.6. The third kappa shape index (κ3) is 3.90. The SMILES string of the molecule is COC1(C)CCCN(CCC(=O)c2cccc(C)c2)C1. The minimum atomic E-state index is -0.0510. The summed E-state index contributed by atoms with van der Waals surface area (Å²) in [6.07, 6.45) is 2.83. The molecule has 1 fully saturated rings. The fourth-order valence-electron chi connectivity index (χ4n) is 2.89. The Morgan fingerprint density at radius 3 is 2.95 bits per heavy atom. The van der Waals surface area contributed by atoms with Crippen molar-refractivity contribution >= 4 is 5.78 Å². The van der Waals surface area contributed by atoms with Crippen molar-refractivity contribution in [2.24, 2.45) is 0 Å². The number of nitrogens with zero attached hydrogens (tertiary/aromatic N) is 1. The van der Waals surface area contributed by atoms with Crippen molar-refractivity contribution < 1.29 is 9.53 Å². The predicted molar refractivity (Wildman–Crippen MR) is 81.2 cm³/mol. The average Bonchev–Trinajstić information content (AvgIpc) is 2.45. The number of hydrogen-bond donors (Lipinski definition) is 0. The molecular formula is C17H25NO2. The molecule has 1 aromatic carbocycles. The second-order valence-corrected chi connectivity index (χ2v) is 6.08. The fraction of sp³-hybridized carbons (Fsp3) is 0.588. The molecule has 0 amide bonds. The summed E-state index contributed by atoms with van der Waals surface area (Å²) in [6.45, 7) is 6.99. The quantitative estimate of drug-likeness (QED) is 0.773. The number of benzene rings is 1. The lowest BCUT2D eigenvalue weighted by Crippen LogP contribution is -2.47. The Morgan fingerprint density at radius 2 is 2.25 bits per heavy atom. The van der Waals surface area contributed by atoms with Crippen molar-refractivity contribution in [1.29, 1.82) is 0 Å². The molecule has 1 aliphatic heterocycles. The lowest BCUT2D eigenvalue weighted by Gasteiger charge is -2.39. The van der Waals surface area contributed by atoms with Crippen LogP contribution in [-0.4, -0.2) is 43.0 Å². The van der Waals surface area contributed by atoms with Gasteiger partial charge in [0.1, 0.15) is 0 Å². The van der Waals surface area contributed by atoms with Crippen LogP contribution >= 0.6 is 0 Å². The van der Waals surface area contributed by atoms with Crippen LogP contribution in [0, 0.1) is 6.92 Å². The van der Waals surface area contributed by atoms with Gasteiger partial charge in [0.05, 0.1) is 5.60 Å². The number of piperidine rings is 1. The first kappa shape index (κ1) is 15.2. The van der Waals surface area contributed by atoms with Gasteiger partial charge >= 0.3 is 0 Å². The van der Waals surface area contributed by atoms with Gasteiger partial charge in [-0.1, -0.05) is 23.8 Å². The Bertz CT molecular complexity index is 472. The number of carbonyl (C=O) groups excluding carboxylic acids is 1. The van der Waals surface area contributed by atoms with Gasteiger partial charge in [-0.15, -0.1) is 0 Å². The van der Waals surface area contributed by atoms with E-state index in [9.17, 15) is 4.79 Å². The molecule has 0 spiro atoms. The van der Waals surface area contributed by atoms with Gasteiger partial charge in [0.15, 0.2) is 5.78 Å². The summed E-state index contributed by atoms with van der Waals surface area (Å²) in [6, 6.07) is 7.85. The van der Waals surface area contributed by atoms with Crippen LogP contribution in [0.1, 0.15) is 42.1 Å². The number of ether oxygens (including phenoxy) is 1. The van der Waals surface area contributed by atoms with E-state index >= 15 is 0 Å². The summed E-state index contributed by atoms with van der Waals surface area (Å²) >= 11 is 0. The maximum Gasteiger partial charge on any atom is 0.164 e. The molecule has 0 aromatic heterocycles. The van der Waals surface area contributed by atoms with Gasteiger partial charge in [0.2, 0.25) is 0 Å². The largest absolute Gasteiger partial charge is 0.377 e. The number of ketones is 1. The Morgan fingerprint density at radius 1 is 1.45 bits per heavy atom. The number of aryl methyl sites for hydroxylation is 1. The Labute approximate surface area is 121 Å². The zero-order valence-electron chi connectivity index (χ0n) is 12.8. The lowest BCUT2D eigenvalue weighted by molar-refractivity contribution is -0.0503. The number of carbonyl (C=O) groups is 1. The van der Waals surface area contributed by atoms with Crippen LogP contribution in [0.5, 0.6) is 0 Å². The summed E-state index contributed by atoms with van der Waals surface area (Å²) in [5.41, 5.74) is 1.92. The molecular weight excluding hydrogens is 250 g/mol. The highest BCUT2D eigenvalue weighted by Gasteiger charge is 2.30. The highest BCUT2D eigenvalue weighted by molar-refractivity contribution is 5.96. The van der Waals surface area contributed by atoms with Gasteiger partial charge in [-0.2, -0.15) is 0 Å². The molecule has 3 heteroatoms. The molecule has 0 N–H and O–H groups in total. The molecule has 0 saturated carbocycles. The third-order valence-corrected chi connectivity index (χ3v) is 4.23. The van der Waals surface area contributed by atoms with Gasteiger partial charge in [0, 0.05) is 32.2 Å². The fourth-order valence-corrected chi connectivity index (χ4v) is 2.89. The molecule has 1 atom stereocenters. The molecule has 0 aliphatic carbocycles. The Balaban J connectivity index is 1.87. The van der Waals surface area contributed by atoms with E-state index in [1.807, 2.05) is 31.2 Å². The van der Waals surface area contributed by atoms with Crippen molar-refractivity contribution in [2.75, 3.05) is 26.7 Å². The van der Waals surface area contributed by atoms with E-state index in [1.165, 1.54) is 0 Å². The van der Waals surface area contributed by atoms with E-state index in [-0.39, 0.29) is 11.4 Å². The topological polar surface area (TPSA) is 29.5 Å². The highest BCUT2D eigenvalue weighted by Crippen LogP contribution is 2.24. The molecule has 20 heavy (non-hydrogen) atoms. The van der Waals surface area contributed by atoms with E-state index in [0.29, 0.717) is 6.42 Å². The second kappa shape index (κ2) is 6.51. The number of rotatable bonds is 5. The van der Waals surface area contributed by atoms with E-state index < -0.39 is 0 Å². The highest BCUT2D eigenvalue weighted by atomic mass is 16.5. The number of hydrogen-bond acceptors (Lipinski definition) is 3. The smallest absolute Gasteiger partial charge is 0.164 e. The van der Waals surface area contributed by atoms with Crippen LogP contribution in [0.2, 0.25) is 0 Å². The third-order valence-electron chi connectivity index (χ3n) is 4.23. The minimum absolute atomic E-state index is 0.0510. The van der Waals surface area contributed by atoms with Crippen LogP contribution in [0.3, 0.4) is 0 Å². The maximum atomic E-state index is 12.2. The first-order valence-electron chi connectivity index (χ1n) is 7.40. The van der Waals surface area contributed by atoms with Crippen LogP contribution in [-0.2, 0) is 4.74 Å². The molecule has 1 saturated heterocycles. The van der Waals surface area contributed by atoms with Crippen molar-refractivity contribution in [2.45, 2.75) is 38.7 Å². The summed E-state index contributed by atoms with van der Waals surface area (Å²) in [5.74, 6) is 0.235. The van der Waals surface area contributed by atoms with E-state index in [4.69, 9.17) is 4.74 Å². The summed E-state index contributed by atoms with van der Waals surface area (Å²) < 4.78 is 5.59. The van der Waals surface area contributed by atoms with Gasteiger partial charge in [-0.3, -0.25) is 4.79 Å². The van der Waals surface area contributed by atoms with Crippen molar-refractivity contribution in [3.63, 3.8) is 0 Å². The summed E-state index contributed by atoms with van der Waals surface area (Å²) in [4.78, 5) is 14.6. The number of methoxy groups -OCH3 is 1. The van der Waals surface area contributed by atoms with Gasteiger partial charge in [-0.05, 0) is 39.3 Å². The van der Waals surface area contributed by atoms with Crippen LogP contribution in [0.4, 0.5) is 0 Å². The van der Waals surface area contributed by atoms with Crippen LogP contribution < -0.4 is 0 Å². The van der Waals surface area contributed by atoms with E-state index in [2.05, 4.69) is 11.8 Å². The Kier molecular flexibility index (Phi) is 4.95. The normalized spacial score (nSPS) is 23.8. The van der Waals surface area contributed by atoms with Gasteiger partial charge in [0.25, 0.3) is 0 Å². The Hall–Kier alpha value is -1.19. The molecule has 0 radical (unpaired) electrons. The number of likely N-dealkylation sites (tertiary alicyclic amines) is 1. The molecule has 1 aliphatic rings. The molecule has 1 aromatic rings.